The zero-order chi connectivity index (χ0) is 11.1. The lowest BCUT2D eigenvalue weighted by molar-refractivity contribution is 0.322. The average molecular weight is 199 g/mol. The summed E-state index contributed by atoms with van der Waals surface area (Å²) >= 11 is 0. The minimum atomic E-state index is -0.164. The highest BCUT2D eigenvalue weighted by atomic mass is 14.5. The van der Waals surface area contributed by atoms with E-state index in [0.717, 1.165) is 12.8 Å². The summed E-state index contributed by atoms with van der Waals surface area (Å²) in [4.78, 5) is 0. The predicted octanol–water partition coefficient (Wildman–Crippen LogP) is 3.56. The molecule has 0 N–H and O–H groups in total. The topological polar surface area (TPSA) is 23.8 Å². The van der Waals surface area contributed by atoms with Crippen molar-refractivity contribution in [2.75, 3.05) is 0 Å². The van der Waals surface area contributed by atoms with Crippen molar-refractivity contribution < 1.29 is 0 Å². The molecule has 0 amide bonds. The maximum atomic E-state index is 9.32. The lowest BCUT2D eigenvalue weighted by Crippen LogP contribution is -2.33. The van der Waals surface area contributed by atoms with Crippen LogP contribution in [0.25, 0.3) is 0 Å². The van der Waals surface area contributed by atoms with Crippen molar-refractivity contribution in [2.45, 2.75) is 45.4 Å². The molecule has 1 saturated carbocycles. The Morgan fingerprint density at radius 1 is 1.07 bits per heavy atom. The number of benzene rings is 1. The highest BCUT2D eigenvalue weighted by Crippen LogP contribution is 2.44. The minimum Gasteiger partial charge on any atom is -0.197 e. The molecule has 1 aromatic carbocycles. The van der Waals surface area contributed by atoms with Gasteiger partial charge in [-0.15, -0.1) is 0 Å². The summed E-state index contributed by atoms with van der Waals surface area (Å²) < 4.78 is 0. The van der Waals surface area contributed by atoms with Gasteiger partial charge in [-0.2, -0.15) is 5.26 Å². The van der Waals surface area contributed by atoms with Crippen LogP contribution in [0.2, 0.25) is 0 Å². The third-order valence-corrected chi connectivity index (χ3v) is 3.78. The summed E-state index contributed by atoms with van der Waals surface area (Å²) in [5, 5.41) is 9.32. The monoisotopic (exact) mass is 199 g/mol. The van der Waals surface area contributed by atoms with Crippen LogP contribution in [-0.4, -0.2) is 0 Å². The van der Waals surface area contributed by atoms with Crippen LogP contribution >= 0.6 is 0 Å². The van der Waals surface area contributed by atoms with Gasteiger partial charge >= 0.3 is 0 Å². The molecular weight excluding hydrogens is 182 g/mol. The first-order valence-electron chi connectivity index (χ1n) is 5.59. The standard InChI is InChI=1S/C14H17N/c1-10-7-12(3)13(8-11(10)2)14(9-15)5-4-6-14/h7-8H,4-6H2,1-3H3. The van der Waals surface area contributed by atoms with Crippen LogP contribution in [-0.2, 0) is 5.41 Å². The van der Waals surface area contributed by atoms with Crippen LogP contribution in [0, 0.1) is 32.1 Å². The molecule has 78 valence electrons. The van der Waals surface area contributed by atoms with Gasteiger partial charge in [0.05, 0.1) is 11.5 Å². The van der Waals surface area contributed by atoms with Crippen molar-refractivity contribution in [1.82, 2.24) is 0 Å². The normalized spacial score (nSPS) is 18.0. The van der Waals surface area contributed by atoms with Gasteiger partial charge in [0.25, 0.3) is 0 Å². The minimum absolute atomic E-state index is 0.164. The summed E-state index contributed by atoms with van der Waals surface area (Å²) in [6.07, 6.45) is 3.26. The third kappa shape index (κ3) is 1.45. The Morgan fingerprint density at radius 3 is 2.13 bits per heavy atom. The van der Waals surface area contributed by atoms with Gasteiger partial charge in [-0.3, -0.25) is 0 Å². The van der Waals surface area contributed by atoms with E-state index in [0.29, 0.717) is 0 Å². The quantitative estimate of drug-likeness (QED) is 0.678. The summed E-state index contributed by atoms with van der Waals surface area (Å²) in [7, 11) is 0. The van der Waals surface area contributed by atoms with E-state index in [9.17, 15) is 5.26 Å². The first-order chi connectivity index (χ1) is 7.09. The number of nitriles is 1. The van der Waals surface area contributed by atoms with Gasteiger partial charge in [0, 0.05) is 0 Å². The Morgan fingerprint density at radius 2 is 1.67 bits per heavy atom. The Balaban J connectivity index is 2.54. The molecule has 1 nitrogen and oxygen atoms in total. The molecular formula is C14H17N. The van der Waals surface area contributed by atoms with E-state index in [-0.39, 0.29) is 5.41 Å². The van der Waals surface area contributed by atoms with Crippen LogP contribution in [0.5, 0.6) is 0 Å². The Bertz CT molecular complexity index is 433. The zero-order valence-electron chi connectivity index (χ0n) is 9.72. The van der Waals surface area contributed by atoms with Gasteiger partial charge in [-0.25, -0.2) is 0 Å². The van der Waals surface area contributed by atoms with Gasteiger partial charge in [-0.05, 0) is 62.3 Å². The van der Waals surface area contributed by atoms with E-state index >= 15 is 0 Å². The fourth-order valence-electron chi connectivity index (χ4n) is 2.45. The van der Waals surface area contributed by atoms with Crippen LogP contribution in [0.4, 0.5) is 0 Å². The smallest absolute Gasteiger partial charge is 0.0825 e. The molecule has 1 heteroatoms. The van der Waals surface area contributed by atoms with Gasteiger partial charge in [0.2, 0.25) is 0 Å². The lowest BCUT2D eigenvalue weighted by Gasteiger charge is -2.37. The second kappa shape index (κ2) is 3.38. The summed E-state index contributed by atoms with van der Waals surface area (Å²) in [5.41, 5.74) is 5.00. The number of aryl methyl sites for hydroxylation is 3. The van der Waals surface area contributed by atoms with Crippen molar-refractivity contribution in [3.8, 4) is 6.07 Å². The Hall–Kier alpha value is -1.29. The third-order valence-electron chi connectivity index (χ3n) is 3.78. The molecule has 0 radical (unpaired) electrons. The van der Waals surface area contributed by atoms with Crippen molar-refractivity contribution >= 4 is 0 Å². The van der Waals surface area contributed by atoms with Gasteiger partial charge in [-0.1, -0.05) is 12.1 Å². The molecule has 0 atom stereocenters. The number of nitrogens with zero attached hydrogens (tertiary/aromatic N) is 1. The summed E-state index contributed by atoms with van der Waals surface area (Å²) in [6, 6.07) is 6.94. The molecule has 1 aliphatic carbocycles. The lowest BCUT2D eigenvalue weighted by atomic mass is 9.64. The number of hydrogen-bond donors (Lipinski definition) is 0. The zero-order valence-corrected chi connectivity index (χ0v) is 9.72. The fraction of sp³-hybridized carbons (Fsp3) is 0.500. The van der Waals surface area contributed by atoms with E-state index < -0.39 is 0 Å². The number of rotatable bonds is 1. The molecule has 0 unspecified atom stereocenters. The van der Waals surface area contributed by atoms with E-state index in [1.807, 2.05) is 0 Å². The van der Waals surface area contributed by atoms with Crippen molar-refractivity contribution in [1.29, 1.82) is 5.26 Å². The van der Waals surface area contributed by atoms with Crippen LogP contribution in [0.3, 0.4) is 0 Å². The van der Waals surface area contributed by atoms with Gasteiger partial charge in [0.15, 0.2) is 0 Å². The highest BCUT2D eigenvalue weighted by Gasteiger charge is 2.40. The van der Waals surface area contributed by atoms with Gasteiger partial charge in [0.1, 0.15) is 0 Å². The maximum Gasteiger partial charge on any atom is 0.0825 e. The summed E-state index contributed by atoms with van der Waals surface area (Å²) in [6.45, 7) is 6.38. The molecule has 2 rings (SSSR count). The largest absolute Gasteiger partial charge is 0.197 e. The molecule has 0 aliphatic heterocycles. The predicted molar refractivity (Wildman–Crippen MR) is 61.8 cm³/mol. The van der Waals surface area contributed by atoms with Crippen molar-refractivity contribution in [3.63, 3.8) is 0 Å². The van der Waals surface area contributed by atoms with Crippen LogP contribution in [0.1, 0.15) is 41.5 Å². The van der Waals surface area contributed by atoms with Crippen molar-refractivity contribution in [2.24, 2.45) is 0 Å². The average Bonchev–Trinajstić information content (AvgIpc) is 2.12. The first-order valence-corrected chi connectivity index (χ1v) is 5.59. The molecule has 0 heterocycles. The van der Waals surface area contributed by atoms with Gasteiger partial charge < -0.3 is 0 Å². The molecule has 0 aromatic heterocycles. The van der Waals surface area contributed by atoms with Crippen LogP contribution in [0.15, 0.2) is 12.1 Å². The molecule has 1 aliphatic rings. The SMILES string of the molecule is Cc1cc(C)c(C2(C#N)CCC2)cc1C. The first kappa shape index (κ1) is 10.2. The summed E-state index contributed by atoms with van der Waals surface area (Å²) in [5.74, 6) is 0. The molecule has 15 heavy (non-hydrogen) atoms. The maximum absolute atomic E-state index is 9.32. The van der Waals surface area contributed by atoms with Crippen LogP contribution < -0.4 is 0 Å². The highest BCUT2D eigenvalue weighted by molar-refractivity contribution is 5.45. The molecule has 0 bridgehead atoms. The van der Waals surface area contributed by atoms with E-state index in [2.05, 4.69) is 39.0 Å². The van der Waals surface area contributed by atoms with E-state index in [4.69, 9.17) is 0 Å². The Kier molecular flexibility index (Phi) is 2.31. The molecule has 0 saturated heterocycles. The molecule has 1 aromatic rings. The second-order valence-corrected chi connectivity index (χ2v) is 4.80. The van der Waals surface area contributed by atoms with E-state index in [1.54, 1.807) is 0 Å². The molecule has 1 fully saturated rings. The fourth-order valence-corrected chi connectivity index (χ4v) is 2.45. The van der Waals surface area contributed by atoms with E-state index in [1.165, 1.54) is 28.7 Å². The number of hydrogen-bond acceptors (Lipinski definition) is 1. The Labute approximate surface area is 91.7 Å². The van der Waals surface area contributed by atoms with Crippen molar-refractivity contribution in [3.05, 3.63) is 34.4 Å². The molecule has 0 spiro atoms. The second-order valence-electron chi connectivity index (χ2n) is 4.80.